The summed E-state index contributed by atoms with van der Waals surface area (Å²) in [5, 5.41) is 9.15. The van der Waals surface area contributed by atoms with E-state index in [1.807, 2.05) is 36.4 Å². The van der Waals surface area contributed by atoms with Crippen molar-refractivity contribution in [1.29, 1.82) is 0 Å². The number of hydrogen-bond donors (Lipinski definition) is 1. The van der Waals surface area contributed by atoms with E-state index in [-0.39, 0.29) is 25.1 Å². The Kier molecular flexibility index (Phi) is 7.18. The van der Waals surface area contributed by atoms with Crippen LogP contribution in [0.25, 0.3) is 5.57 Å². The minimum atomic E-state index is -0.662. The smallest absolute Gasteiger partial charge is 0.306 e. The zero-order valence-electron chi connectivity index (χ0n) is 16.3. The van der Waals surface area contributed by atoms with Crippen molar-refractivity contribution in [3.05, 3.63) is 65.7 Å². The number of likely N-dealkylation sites (tertiary alicyclic amines) is 1. The van der Waals surface area contributed by atoms with Gasteiger partial charge in [0, 0.05) is 17.7 Å². The molecule has 0 bridgehead atoms. The van der Waals surface area contributed by atoms with Crippen LogP contribution in [0.4, 0.5) is 0 Å². The second-order valence-corrected chi connectivity index (χ2v) is 7.26. The van der Waals surface area contributed by atoms with Crippen molar-refractivity contribution in [1.82, 2.24) is 4.90 Å². The molecule has 0 spiro atoms. The lowest BCUT2D eigenvalue weighted by atomic mass is 9.94. The van der Waals surface area contributed by atoms with Gasteiger partial charge in [-0.3, -0.25) is 4.79 Å². The van der Waals surface area contributed by atoms with Crippen LogP contribution in [0.2, 0.25) is 0 Å². The first-order valence-corrected chi connectivity index (χ1v) is 9.82. The molecule has 5 nitrogen and oxygen atoms in total. The molecule has 0 aromatic heterocycles. The minimum absolute atomic E-state index is 0. The number of carboxylic acid groups (broad SMARTS) is 1. The van der Waals surface area contributed by atoms with E-state index >= 15 is 0 Å². The topological polar surface area (TPSA) is 59.0 Å². The standard InChI is InChI=1S/C23H25NO4.ClH/c25-23(26)17-11-14-24(15-12-17)13-5-8-18-19-6-1-3-9-21(19)27-16-28-22-10-4-2-7-20(18)22;/h1-4,6-10,17H,5,11-16H2,(H,25,26);1H. The Morgan fingerprint density at radius 3 is 2.10 bits per heavy atom. The Balaban J connectivity index is 0.00000240. The number of benzene rings is 2. The summed E-state index contributed by atoms with van der Waals surface area (Å²) in [6.45, 7) is 2.81. The number of piperidine rings is 1. The normalized spacial score (nSPS) is 16.8. The summed E-state index contributed by atoms with van der Waals surface area (Å²) in [5.74, 6) is 0.800. The zero-order valence-corrected chi connectivity index (χ0v) is 17.1. The molecule has 0 atom stereocenters. The first-order chi connectivity index (χ1) is 13.7. The molecule has 154 valence electrons. The highest BCUT2D eigenvalue weighted by molar-refractivity contribution is 5.86. The van der Waals surface area contributed by atoms with E-state index in [4.69, 9.17) is 14.6 Å². The largest absolute Gasteiger partial charge is 0.481 e. The second-order valence-electron chi connectivity index (χ2n) is 7.26. The van der Waals surface area contributed by atoms with Gasteiger partial charge in [0.25, 0.3) is 0 Å². The fourth-order valence-electron chi connectivity index (χ4n) is 3.95. The highest BCUT2D eigenvalue weighted by Gasteiger charge is 2.24. The van der Waals surface area contributed by atoms with Crippen LogP contribution in [0.1, 0.15) is 30.4 Å². The van der Waals surface area contributed by atoms with Crippen molar-refractivity contribution in [3.63, 3.8) is 0 Å². The third-order valence-corrected chi connectivity index (χ3v) is 5.51. The van der Waals surface area contributed by atoms with E-state index in [9.17, 15) is 4.79 Å². The van der Waals surface area contributed by atoms with Crippen LogP contribution in [0, 0.1) is 5.92 Å². The summed E-state index contributed by atoms with van der Waals surface area (Å²) in [4.78, 5) is 13.5. The van der Waals surface area contributed by atoms with Crippen LogP contribution in [0.3, 0.4) is 0 Å². The molecule has 2 heterocycles. The third-order valence-electron chi connectivity index (χ3n) is 5.51. The van der Waals surface area contributed by atoms with Gasteiger partial charge >= 0.3 is 5.97 Å². The molecule has 1 fully saturated rings. The van der Waals surface area contributed by atoms with Gasteiger partial charge in [-0.25, -0.2) is 0 Å². The lowest BCUT2D eigenvalue weighted by molar-refractivity contribution is -0.143. The molecule has 0 aliphatic carbocycles. The van der Waals surface area contributed by atoms with E-state index in [0.717, 1.165) is 67.1 Å². The maximum absolute atomic E-state index is 11.1. The Labute approximate surface area is 177 Å². The number of rotatable bonds is 4. The van der Waals surface area contributed by atoms with E-state index < -0.39 is 5.97 Å². The molecule has 1 N–H and O–H groups in total. The van der Waals surface area contributed by atoms with Crippen LogP contribution in [-0.4, -0.2) is 42.4 Å². The highest BCUT2D eigenvalue weighted by atomic mass is 35.5. The summed E-state index contributed by atoms with van der Waals surface area (Å²) >= 11 is 0. The van der Waals surface area contributed by atoms with Crippen molar-refractivity contribution in [2.45, 2.75) is 19.3 Å². The van der Waals surface area contributed by atoms with Gasteiger partial charge in [0.1, 0.15) is 11.5 Å². The highest BCUT2D eigenvalue weighted by Crippen LogP contribution is 2.37. The number of carbonyl (C=O) groups is 1. The van der Waals surface area contributed by atoms with E-state index in [1.54, 1.807) is 0 Å². The Hall–Kier alpha value is -2.50. The first kappa shape index (κ1) is 21.2. The number of halogens is 1. The van der Waals surface area contributed by atoms with Crippen LogP contribution >= 0.6 is 12.4 Å². The average Bonchev–Trinajstić information content (AvgIpc) is 2.71. The van der Waals surface area contributed by atoms with Gasteiger partial charge < -0.3 is 19.5 Å². The Morgan fingerprint density at radius 1 is 1.00 bits per heavy atom. The molecule has 2 aliphatic heterocycles. The van der Waals surface area contributed by atoms with Crippen LogP contribution in [-0.2, 0) is 4.79 Å². The molecule has 2 aliphatic rings. The van der Waals surface area contributed by atoms with Gasteiger partial charge in [0.2, 0.25) is 6.79 Å². The van der Waals surface area contributed by atoms with Crippen molar-refractivity contribution in [2.24, 2.45) is 5.92 Å². The number of hydrogen-bond acceptors (Lipinski definition) is 4. The summed E-state index contributed by atoms with van der Waals surface area (Å²) in [5.41, 5.74) is 3.26. The number of ether oxygens (including phenoxy) is 2. The molecule has 2 aromatic carbocycles. The predicted molar refractivity (Wildman–Crippen MR) is 115 cm³/mol. The monoisotopic (exact) mass is 415 g/mol. The van der Waals surface area contributed by atoms with Crippen molar-refractivity contribution in [3.8, 4) is 11.5 Å². The summed E-state index contributed by atoms with van der Waals surface area (Å²) in [7, 11) is 0. The van der Waals surface area contributed by atoms with Gasteiger partial charge in [0.15, 0.2) is 0 Å². The number of carboxylic acids is 1. The summed E-state index contributed by atoms with van der Waals surface area (Å²) in [6, 6.07) is 16.1. The molecule has 0 amide bonds. The number of aliphatic carboxylic acids is 1. The molecule has 2 aromatic rings. The molecule has 29 heavy (non-hydrogen) atoms. The molecule has 0 saturated carbocycles. The van der Waals surface area contributed by atoms with Gasteiger partial charge in [0.05, 0.1) is 5.92 Å². The lowest BCUT2D eigenvalue weighted by Crippen LogP contribution is -2.36. The third kappa shape index (κ3) is 4.92. The predicted octanol–water partition coefficient (Wildman–Crippen LogP) is 4.46. The minimum Gasteiger partial charge on any atom is -0.481 e. The lowest BCUT2D eigenvalue weighted by Gasteiger charge is -2.29. The fourth-order valence-corrected chi connectivity index (χ4v) is 3.95. The van der Waals surface area contributed by atoms with Crippen LogP contribution in [0.5, 0.6) is 11.5 Å². The van der Waals surface area contributed by atoms with E-state index in [0.29, 0.717) is 0 Å². The van der Waals surface area contributed by atoms with Gasteiger partial charge in [-0.15, -0.1) is 12.4 Å². The van der Waals surface area contributed by atoms with Gasteiger partial charge in [-0.05, 0) is 50.1 Å². The average molecular weight is 416 g/mol. The molecular formula is C23H26ClNO4. The maximum Gasteiger partial charge on any atom is 0.306 e. The molecule has 0 unspecified atom stereocenters. The van der Waals surface area contributed by atoms with Gasteiger partial charge in [-0.1, -0.05) is 42.5 Å². The van der Waals surface area contributed by atoms with Crippen LogP contribution < -0.4 is 9.47 Å². The molecule has 1 saturated heterocycles. The quantitative estimate of drug-likeness (QED) is 0.799. The van der Waals surface area contributed by atoms with Crippen LogP contribution in [0.15, 0.2) is 54.6 Å². The van der Waals surface area contributed by atoms with Gasteiger partial charge in [-0.2, -0.15) is 0 Å². The summed E-state index contributed by atoms with van der Waals surface area (Å²) < 4.78 is 11.6. The number of fused-ring (bicyclic) bond motifs is 2. The van der Waals surface area contributed by atoms with Crippen molar-refractivity contribution < 1.29 is 19.4 Å². The Bertz CT molecular complexity index is 825. The molecular weight excluding hydrogens is 390 g/mol. The Morgan fingerprint density at radius 2 is 1.55 bits per heavy atom. The maximum atomic E-state index is 11.1. The number of nitrogens with zero attached hydrogens (tertiary/aromatic N) is 1. The summed E-state index contributed by atoms with van der Waals surface area (Å²) in [6.07, 6.45) is 4.60. The zero-order chi connectivity index (χ0) is 19.3. The molecule has 0 radical (unpaired) electrons. The SMILES string of the molecule is Cl.O=C(O)C1CCN(CCC=C2c3ccccc3OCOc3ccccc32)CC1. The van der Waals surface area contributed by atoms with E-state index in [2.05, 4.69) is 23.1 Å². The van der Waals surface area contributed by atoms with Crippen molar-refractivity contribution in [2.75, 3.05) is 26.4 Å². The second kappa shape index (κ2) is 9.81. The number of para-hydroxylation sites is 2. The molecule has 4 rings (SSSR count). The van der Waals surface area contributed by atoms with E-state index in [1.165, 1.54) is 0 Å². The van der Waals surface area contributed by atoms with Crippen molar-refractivity contribution >= 4 is 23.9 Å². The first-order valence-electron chi connectivity index (χ1n) is 9.82. The fraction of sp³-hybridized carbons (Fsp3) is 0.348. The molecule has 6 heteroatoms.